The van der Waals surface area contributed by atoms with Gasteiger partial charge in [-0.25, -0.2) is 19.9 Å². The SMILES string of the molecule is Cc1cc(-c2ccccc2)c2nc(-c3ccc(-c4ccc(-c5nc6ccccc6o5)cc4)cc3)c(-c3ccc(-c4ccc(-c5nc6ccccc6o5)cc4)cc3)nc2c1-c1ccccc1. The molecule has 0 aliphatic rings. The number of aromatic nitrogens is 4. The Morgan fingerprint density at radius 3 is 1.12 bits per heavy atom. The molecule has 0 amide bonds. The van der Waals surface area contributed by atoms with Crippen LogP contribution >= 0.6 is 0 Å². The lowest BCUT2D eigenvalue weighted by Gasteiger charge is -2.18. The predicted octanol–water partition coefficient (Wildman–Crippen LogP) is 15.6. The molecular formula is C59H38N4O2. The van der Waals surface area contributed by atoms with Gasteiger partial charge in [0.05, 0.1) is 22.4 Å². The molecule has 0 N–H and O–H groups in total. The van der Waals surface area contributed by atoms with Crippen molar-refractivity contribution >= 4 is 33.2 Å². The highest BCUT2D eigenvalue weighted by atomic mass is 16.4. The van der Waals surface area contributed by atoms with E-state index in [0.29, 0.717) is 11.8 Å². The Labute approximate surface area is 375 Å². The summed E-state index contributed by atoms with van der Waals surface area (Å²) in [6.07, 6.45) is 0. The van der Waals surface area contributed by atoms with Crippen LogP contribution in [0.1, 0.15) is 5.56 Å². The Bertz CT molecular complexity index is 3610. The van der Waals surface area contributed by atoms with Gasteiger partial charge in [-0.2, -0.15) is 0 Å². The molecule has 3 heterocycles. The van der Waals surface area contributed by atoms with Crippen LogP contribution in [0.2, 0.25) is 0 Å². The molecule has 6 heteroatoms. The van der Waals surface area contributed by atoms with Crippen LogP contribution in [-0.4, -0.2) is 19.9 Å². The summed E-state index contributed by atoms with van der Waals surface area (Å²) in [7, 11) is 0. The Morgan fingerprint density at radius 1 is 0.308 bits per heavy atom. The van der Waals surface area contributed by atoms with E-state index in [1.165, 1.54) is 0 Å². The summed E-state index contributed by atoms with van der Waals surface area (Å²) in [6.45, 7) is 2.17. The molecule has 0 aliphatic carbocycles. The van der Waals surface area contributed by atoms with Gasteiger partial charge in [0.25, 0.3) is 0 Å². The van der Waals surface area contributed by atoms with E-state index in [0.717, 1.165) is 117 Å². The van der Waals surface area contributed by atoms with Crippen molar-refractivity contribution in [1.82, 2.24) is 19.9 Å². The van der Waals surface area contributed by atoms with Crippen molar-refractivity contribution < 1.29 is 8.83 Å². The first-order chi connectivity index (χ1) is 32.1. The highest BCUT2D eigenvalue weighted by Gasteiger charge is 2.21. The van der Waals surface area contributed by atoms with Crippen molar-refractivity contribution in [2.75, 3.05) is 0 Å². The molecule has 0 aliphatic heterocycles. The maximum Gasteiger partial charge on any atom is 0.227 e. The molecule has 0 radical (unpaired) electrons. The number of rotatable bonds is 8. The largest absolute Gasteiger partial charge is 0.436 e. The third kappa shape index (κ3) is 7.04. The summed E-state index contributed by atoms with van der Waals surface area (Å²) < 4.78 is 12.1. The van der Waals surface area contributed by atoms with Gasteiger partial charge in [0.2, 0.25) is 11.8 Å². The van der Waals surface area contributed by atoms with E-state index in [2.05, 4.69) is 165 Å². The third-order valence-electron chi connectivity index (χ3n) is 12.1. The number of oxazole rings is 2. The topological polar surface area (TPSA) is 77.8 Å². The van der Waals surface area contributed by atoms with Crippen LogP contribution in [0.5, 0.6) is 0 Å². The Balaban J connectivity index is 0.960. The number of benzene rings is 9. The quantitative estimate of drug-likeness (QED) is 0.152. The Morgan fingerprint density at radius 2 is 0.677 bits per heavy atom. The van der Waals surface area contributed by atoms with Crippen LogP contribution in [0.15, 0.2) is 221 Å². The fraction of sp³-hybridized carbons (Fsp3) is 0.0169. The maximum absolute atomic E-state index is 6.05. The van der Waals surface area contributed by atoms with Crippen molar-refractivity contribution in [3.05, 3.63) is 218 Å². The van der Waals surface area contributed by atoms with E-state index < -0.39 is 0 Å². The molecule has 3 aromatic heterocycles. The average molecular weight is 835 g/mol. The minimum Gasteiger partial charge on any atom is -0.436 e. The molecule has 0 saturated carbocycles. The standard InChI is InChI=1S/C59H38N4O2/c1-37-36-48(42-12-4-2-5-13-42)56-57(53(37)43-14-6-3-7-15-43)63-55(45-30-22-39(23-31-45)41-26-34-47(35-27-41)59-61-50-17-9-11-19-52(50)65-59)54(62-56)44-28-20-38(21-29-44)40-24-32-46(33-25-40)58-60-49-16-8-10-18-51(49)64-58/h2-36H,1H3. The van der Waals surface area contributed by atoms with E-state index in [1.54, 1.807) is 0 Å². The fourth-order valence-electron chi connectivity index (χ4n) is 8.79. The molecule has 0 bridgehead atoms. The molecule has 0 spiro atoms. The van der Waals surface area contributed by atoms with Crippen molar-refractivity contribution in [3.63, 3.8) is 0 Å². The molecule has 0 unspecified atom stereocenters. The molecular weight excluding hydrogens is 797 g/mol. The molecule has 9 aromatic carbocycles. The molecule has 12 aromatic rings. The van der Waals surface area contributed by atoms with Crippen molar-refractivity contribution in [2.24, 2.45) is 0 Å². The number of fused-ring (bicyclic) bond motifs is 3. The number of aryl methyl sites for hydroxylation is 1. The number of hydrogen-bond acceptors (Lipinski definition) is 6. The predicted molar refractivity (Wildman–Crippen MR) is 263 cm³/mol. The molecule has 6 nitrogen and oxygen atoms in total. The first-order valence-electron chi connectivity index (χ1n) is 21.7. The summed E-state index contributed by atoms with van der Waals surface area (Å²) in [5.41, 5.74) is 20.2. The monoisotopic (exact) mass is 834 g/mol. The number of hydrogen-bond donors (Lipinski definition) is 0. The number of nitrogens with zero attached hydrogens (tertiary/aromatic N) is 4. The molecule has 0 atom stereocenters. The summed E-state index contributed by atoms with van der Waals surface area (Å²) in [6, 6.07) is 73.0. The van der Waals surface area contributed by atoms with Gasteiger partial charge in [0.15, 0.2) is 11.2 Å². The zero-order valence-electron chi connectivity index (χ0n) is 35.3. The van der Waals surface area contributed by atoms with Gasteiger partial charge >= 0.3 is 0 Å². The van der Waals surface area contributed by atoms with Gasteiger partial charge < -0.3 is 8.83 Å². The van der Waals surface area contributed by atoms with Gasteiger partial charge in [0, 0.05) is 33.4 Å². The van der Waals surface area contributed by atoms with Gasteiger partial charge in [-0.3, -0.25) is 0 Å². The smallest absolute Gasteiger partial charge is 0.227 e. The second kappa shape index (κ2) is 15.9. The van der Waals surface area contributed by atoms with Crippen molar-refractivity contribution in [3.8, 4) is 89.9 Å². The highest BCUT2D eigenvalue weighted by Crippen LogP contribution is 2.41. The van der Waals surface area contributed by atoms with E-state index >= 15 is 0 Å². The summed E-state index contributed by atoms with van der Waals surface area (Å²) in [5.74, 6) is 1.22. The second-order valence-electron chi connectivity index (χ2n) is 16.2. The highest BCUT2D eigenvalue weighted by molar-refractivity contribution is 6.04. The van der Waals surface area contributed by atoms with Crippen LogP contribution in [0.25, 0.3) is 123 Å². The van der Waals surface area contributed by atoms with Gasteiger partial charge in [-0.1, -0.05) is 158 Å². The fourth-order valence-corrected chi connectivity index (χ4v) is 8.79. The molecule has 0 fully saturated rings. The lowest BCUT2D eigenvalue weighted by Crippen LogP contribution is -2.00. The van der Waals surface area contributed by atoms with Gasteiger partial charge in [-0.15, -0.1) is 0 Å². The first-order valence-corrected chi connectivity index (χ1v) is 21.7. The van der Waals surface area contributed by atoms with Crippen LogP contribution in [0.4, 0.5) is 0 Å². The van der Waals surface area contributed by atoms with E-state index in [9.17, 15) is 0 Å². The van der Waals surface area contributed by atoms with E-state index in [4.69, 9.17) is 28.8 Å². The summed E-state index contributed by atoms with van der Waals surface area (Å²) in [4.78, 5) is 20.7. The summed E-state index contributed by atoms with van der Waals surface area (Å²) >= 11 is 0. The van der Waals surface area contributed by atoms with Crippen LogP contribution in [0.3, 0.4) is 0 Å². The minimum absolute atomic E-state index is 0.610. The van der Waals surface area contributed by atoms with Crippen molar-refractivity contribution in [2.45, 2.75) is 6.92 Å². The van der Waals surface area contributed by atoms with Crippen LogP contribution in [0, 0.1) is 6.92 Å². The van der Waals surface area contributed by atoms with Crippen LogP contribution < -0.4 is 0 Å². The zero-order chi connectivity index (χ0) is 43.3. The number of para-hydroxylation sites is 4. The molecule has 65 heavy (non-hydrogen) atoms. The van der Waals surface area contributed by atoms with E-state index in [-0.39, 0.29) is 0 Å². The summed E-state index contributed by atoms with van der Waals surface area (Å²) in [5, 5.41) is 0. The van der Waals surface area contributed by atoms with Gasteiger partial charge in [0.1, 0.15) is 11.0 Å². The lowest BCUT2D eigenvalue weighted by atomic mass is 9.92. The molecule has 12 rings (SSSR count). The molecule has 0 saturated heterocycles. The Kier molecular flexibility index (Phi) is 9.27. The van der Waals surface area contributed by atoms with Crippen molar-refractivity contribution in [1.29, 1.82) is 0 Å². The normalized spacial score (nSPS) is 11.5. The van der Waals surface area contributed by atoms with E-state index in [1.807, 2.05) is 54.6 Å². The van der Waals surface area contributed by atoms with Gasteiger partial charge in [-0.05, 0) is 100 Å². The third-order valence-corrected chi connectivity index (χ3v) is 12.1. The Hall–Kier alpha value is -8.74. The molecule has 306 valence electrons. The average Bonchev–Trinajstić information content (AvgIpc) is 4.02. The second-order valence-corrected chi connectivity index (χ2v) is 16.2. The minimum atomic E-state index is 0.610. The lowest BCUT2D eigenvalue weighted by molar-refractivity contribution is 0.619. The van der Waals surface area contributed by atoms with Crippen LogP contribution in [-0.2, 0) is 0 Å². The first kappa shape index (κ1) is 38.0. The zero-order valence-corrected chi connectivity index (χ0v) is 35.3. The maximum atomic E-state index is 6.05.